The first-order chi connectivity index (χ1) is 8.09. The van der Waals surface area contributed by atoms with Crippen molar-refractivity contribution in [2.24, 2.45) is 0 Å². The van der Waals surface area contributed by atoms with Gasteiger partial charge in [0.1, 0.15) is 6.04 Å². The Labute approximate surface area is 96.9 Å². The Bertz CT molecular complexity index is 488. The van der Waals surface area contributed by atoms with Gasteiger partial charge in [0.05, 0.1) is 5.56 Å². The van der Waals surface area contributed by atoms with Crippen LogP contribution in [0.3, 0.4) is 0 Å². The van der Waals surface area contributed by atoms with Crippen molar-refractivity contribution in [3.05, 3.63) is 34.2 Å². The highest BCUT2D eigenvalue weighted by Gasteiger charge is 2.34. The second-order valence-corrected chi connectivity index (χ2v) is 3.94. The van der Waals surface area contributed by atoms with Crippen molar-refractivity contribution in [2.75, 3.05) is 6.54 Å². The summed E-state index contributed by atoms with van der Waals surface area (Å²) in [6.07, 6.45) is 2.47. The highest BCUT2D eigenvalue weighted by atomic mass is 16.4. The zero-order chi connectivity index (χ0) is 12.4. The number of likely N-dealkylation sites (tertiary alicyclic amines) is 1. The quantitative estimate of drug-likeness (QED) is 0.759. The number of rotatable bonds is 2. The lowest BCUT2D eigenvalue weighted by atomic mass is 10.2. The van der Waals surface area contributed by atoms with E-state index in [-0.39, 0.29) is 11.5 Å². The van der Waals surface area contributed by atoms with Gasteiger partial charge in [0.2, 0.25) is 5.56 Å². The van der Waals surface area contributed by atoms with Crippen LogP contribution in [0.2, 0.25) is 0 Å². The summed E-state index contributed by atoms with van der Waals surface area (Å²) < 4.78 is 0. The summed E-state index contributed by atoms with van der Waals surface area (Å²) >= 11 is 0. The van der Waals surface area contributed by atoms with Crippen LogP contribution >= 0.6 is 0 Å². The van der Waals surface area contributed by atoms with Gasteiger partial charge in [-0.05, 0) is 18.9 Å². The Kier molecular flexibility index (Phi) is 2.95. The number of carbonyl (C=O) groups is 2. The monoisotopic (exact) mass is 236 g/mol. The molecule has 1 amide bonds. The Morgan fingerprint density at radius 3 is 2.76 bits per heavy atom. The third-order valence-corrected chi connectivity index (χ3v) is 2.83. The number of carbonyl (C=O) groups excluding carboxylic acids is 1. The molecule has 1 saturated heterocycles. The van der Waals surface area contributed by atoms with Gasteiger partial charge in [-0.15, -0.1) is 0 Å². The molecule has 17 heavy (non-hydrogen) atoms. The lowest BCUT2D eigenvalue weighted by Crippen LogP contribution is -2.40. The number of amides is 1. The van der Waals surface area contributed by atoms with E-state index < -0.39 is 12.0 Å². The third-order valence-electron chi connectivity index (χ3n) is 2.83. The van der Waals surface area contributed by atoms with Crippen molar-refractivity contribution in [1.82, 2.24) is 9.88 Å². The molecule has 0 spiro atoms. The van der Waals surface area contributed by atoms with Gasteiger partial charge in [0.15, 0.2) is 0 Å². The number of hydrogen-bond acceptors (Lipinski definition) is 3. The molecule has 2 rings (SSSR count). The average Bonchev–Trinajstić information content (AvgIpc) is 2.78. The number of nitrogens with zero attached hydrogens (tertiary/aromatic N) is 1. The zero-order valence-corrected chi connectivity index (χ0v) is 9.05. The summed E-state index contributed by atoms with van der Waals surface area (Å²) in [5.74, 6) is -1.34. The van der Waals surface area contributed by atoms with Gasteiger partial charge in [-0.1, -0.05) is 0 Å². The van der Waals surface area contributed by atoms with Crippen LogP contribution in [0.5, 0.6) is 0 Å². The van der Waals surface area contributed by atoms with Crippen LogP contribution in [0.4, 0.5) is 0 Å². The number of aromatic nitrogens is 1. The van der Waals surface area contributed by atoms with E-state index in [9.17, 15) is 14.4 Å². The molecular weight excluding hydrogens is 224 g/mol. The van der Waals surface area contributed by atoms with Crippen molar-refractivity contribution in [1.29, 1.82) is 0 Å². The predicted molar refractivity (Wildman–Crippen MR) is 58.8 cm³/mol. The van der Waals surface area contributed by atoms with Crippen LogP contribution in [0, 0.1) is 0 Å². The Balaban J connectivity index is 2.22. The standard InChI is InChI=1S/C11H12N2O4/c14-9-4-3-7(6-12-9)10(15)13-5-1-2-8(13)11(16)17/h3-4,6,8H,1-2,5H2,(H,12,14)(H,16,17)/t8-/m0/s1. The van der Waals surface area contributed by atoms with Crippen molar-refractivity contribution < 1.29 is 14.7 Å². The van der Waals surface area contributed by atoms with E-state index in [1.54, 1.807) is 0 Å². The third kappa shape index (κ3) is 2.20. The van der Waals surface area contributed by atoms with E-state index in [2.05, 4.69) is 4.98 Å². The predicted octanol–water partition coefficient (Wildman–Crippen LogP) is 0.0641. The summed E-state index contributed by atoms with van der Waals surface area (Å²) in [7, 11) is 0. The first kappa shape index (κ1) is 11.4. The first-order valence-corrected chi connectivity index (χ1v) is 5.32. The minimum Gasteiger partial charge on any atom is -0.480 e. The van der Waals surface area contributed by atoms with E-state index in [0.29, 0.717) is 24.9 Å². The maximum absolute atomic E-state index is 12.0. The van der Waals surface area contributed by atoms with Crippen LogP contribution in [0.25, 0.3) is 0 Å². The number of aromatic amines is 1. The van der Waals surface area contributed by atoms with E-state index in [0.717, 1.165) is 0 Å². The van der Waals surface area contributed by atoms with Gasteiger partial charge in [0.25, 0.3) is 5.91 Å². The minimum absolute atomic E-state index is 0.294. The summed E-state index contributed by atoms with van der Waals surface area (Å²) in [5, 5.41) is 8.97. The van der Waals surface area contributed by atoms with Crippen LogP contribution in [0.15, 0.2) is 23.1 Å². The van der Waals surface area contributed by atoms with Crippen LogP contribution in [-0.2, 0) is 4.79 Å². The fourth-order valence-electron chi connectivity index (χ4n) is 1.98. The van der Waals surface area contributed by atoms with Crippen molar-refractivity contribution in [3.63, 3.8) is 0 Å². The van der Waals surface area contributed by atoms with Crippen LogP contribution in [0.1, 0.15) is 23.2 Å². The molecule has 90 valence electrons. The maximum Gasteiger partial charge on any atom is 0.326 e. The molecule has 0 aliphatic carbocycles. The zero-order valence-electron chi connectivity index (χ0n) is 9.05. The highest BCUT2D eigenvalue weighted by molar-refractivity contribution is 5.96. The Hall–Kier alpha value is -2.11. The number of pyridine rings is 1. The molecule has 0 bridgehead atoms. The molecule has 0 saturated carbocycles. The van der Waals surface area contributed by atoms with Gasteiger partial charge in [-0.25, -0.2) is 4.79 Å². The molecule has 0 unspecified atom stereocenters. The summed E-state index contributed by atoms with van der Waals surface area (Å²) in [4.78, 5) is 37.6. The molecule has 2 heterocycles. The number of nitrogens with one attached hydrogen (secondary N) is 1. The number of carboxylic acids is 1. The van der Waals surface area contributed by atoms with E-state index in [4.69, 9.17) is 5.11 Å². The summed E-state index contributed by atoms with van der Waals surface area (Å²) in [6, 6.07) is 1.90. The minimum atomic E-state index is -0.986. The lowest BCUT2D eigenvalue weighted by Gasteiger charge is -2.21. The van der Waals surface area contributed by atoms with Crippen molar-refractivity contribution in [3.8, 4) is 0 Å². The van der Waals surface area contributed by atoms with Gasteiger partial charge in [0, 0.05) is 18.8 Å². The number of H-pyrrole nitrogens is 1. The van der Waals surface area contributed by atoms with Gasteiger partial charge in [-0.3, -0.25) is 9.59 Å². The van der Waals surface area contributed by atoms with E-state index in [1.807, 2.05) is 0 Å². The Morgan fingerprint density at radius 1 is 1.41 bits per heavy atom. The van der Waals surface area contributed by atoms with Gasteiger partial charge in [-0.2, -0.15) is 0 Å². The normalized spacial score (nSPS) is 19.3. The fraction of sp³-hybridized carbons (Fsp3) is 0.364. The molecule has 1 aliphatic rings. The number of aliphatic carboxylic acids is 1. The molecule has 1 atom stereocenters. The van der Waals surface area contributed by atoms with E-state index in [1.165, 1.54) is 23.2 Å². The second-order valence-electron chi connectivity index (χ2n) is 3.94. The fourth-order valence-corrected chi connectivity index (χ4v) is 1.98. The molecule has 1 aromatic rings. The molecule has 2 N–H and O–H groups in total. The Morgan fingerprint density at radius 2 is 2.18 bits per heavy atom. The topological polar surface area (TPSA) is 90.5 Å². The molecule has 6 heteroatoms. The molecule has 6 nitrogen and oxygen atoms in total. The second kappa shape index (κ2) is 4.40. The number of carboxylic acid groups (broad SMARTS) is 1. The first-order valence-electron chi connectivity index (χ1n) is 5.32. The molecule has 0 aromatic carbocycles. The SMILES string of the molecule is O=C(O)[C@@H]1CCCN1C(=O)c1ccc(=O)[nH]c1. The van der Waals surface area contributed by atoms with Crippen LogP contribution < -0.4 is 5.56 Å². The molecule has 1 fully saturated rings. The molecular formula is C11H12N2O4. The molecule has 0 radical (unpaired) electrons. The maximum atomic E-state index is 12.0. The average molecular weight is 236 g/mol. The molecule has 1 aliphatic heterocycles. The summed E-state index contributed by atoms with van der Waals surface area (Å²) in [6.45, 7) is 0.439. The van der Waals surface area contributed by atoms with Crippen molar-refractivity contribution in [2.45, 2.75) is 18.9 Å². The van der Waals surface area contributed by atoms with Crippen molar-refractivity contribution >= 4 is 11.9 Å². The smallest absolute Gasteiger partial charge is 0.326 e. The highest BCUT2D eigenvalue weighted by Crippen LogP contribution is 2.19. The van der Waals surface area contributed by atoms with Gasteiger partial charge >= 0.3 is 5.97 Å². The largest absolute Gasteiger partial charge is 0.480 e. The number of hydrogen-bond donors (Lipinski definition) is 2. The van der Waals surface area contributed by atoms with Gasteiger partial charge < -0.3 is 15.0 Å². The molecule has 1 aromatic heterocycles. The lowest BCUT2D eigenvalue weighted by molar-refractivity contribution is -0.141. The van der Waals surface area contributed by atoms with Crippen LogP contribution in [-0.4, -0.2) is 39.5 Å². The van der Waals surface area contributed by atoms with E-state index >= 15 is 0 Å². The summed E-state index contributed by atoms with van der Waals surface area (Å²) in [5.41, 5.74) is 0.00973.